The zero-order valence-corrected chi connectivity index (χ0v) is 11.1. The lowest BCUT2D eigenvalue weighted by atomic mass is 10.1. The highest BCUT2D eigenvalue weighted by molar-refractivity contribution is 9.10. The van der Waals surface area contributed by atoms with Crippen molar-refractivity contribution in [3.63, 3.8) is 0 Å². The Morgan fingerprint density at radius 1 is 1.62 bits per heavy atom. The summed E-state index contributed by atoms with van der Waals surface area (Å²) in [5.74, 6) is -0.422. The van der Waals surface area contributed by atoms with Crippen LogP contribution in [0.15, 0.2) is 22.7 Å². The van der Waals surface area contributed by atoms with Crippen LogP contribution in [-0.2, 0) is 9.53 Å². The Bertz CT molecular complexity index is 381. The molecule has 1 unspecified atom stereocenters. The van der Waals surface area contributed by atoms with E-state index >= 15 is 0 Å². The molecule has 1 atom stereocenters. The average Bonchev–Trinajstić information content (AvgIpc) is 2.22. The molecule has 1 aromatic carbocycles. The van der Waals surface area contributed by atoms with E-state index in [0.29, 0.717) is 17.2 Å². The highest BCUT2D eigenvalue weighted by Gasteiger charge is 2.14. The molecular formula is C11H12BrClO3. The van der Waals surface area contributed by atoms with Crippen molar-refractivity contribution in [3.05, 3.63) is 33.3 Å². The summed E-state index contributed by atoms with van der Waals surface area (Å²) in [5, 5.41) is 10.3. The van der Waals surface area contributed by atoms with Crippen molar-refractivity contribution in [1.29, 1.82) is 0 Å². The molecule has 1 aromatic rings. The maximum Gasteiger partial charge on any atom is 0.308 e. The molecule has 1 rings (SSSR count). The second kappa shape index (κ2) is 6.23. The summed E-state index contributed by atoms with van der Waals surface area (Å²) in [6, 6.07) is 5.06. The zero-order valence-electron chi connectivity index (χ0n) is 8.74. The number of hydrogen-bond acceptors (Lipinski definition) is 3. The van der Waals surface area contributed by atoms with Gasteiger partial charge in [-0.25, -0.2) is 0 Å². The molecule has 0 saturated carbocycles. The summed E-state index contributed by atoms with van der Waals surface area (Å²) in [7, 11) is 0. The fraction of sp³-hybridized carbons (Fsp3) is 0.364. The fourth-order valence-electron chi connectivity index (χ4n) is 1.22. The van der Waals surface area contributed by atoms with E-state index in [0.717, 1.165) is 4.47 Å². The maximum atomic E-state index is 11.2. The number of halogens is 2. The van der Waals surface area contributed by atoms with Gasteiger partial charge in [0.1, 0.15) is 0 Å². The molecule has 0 aliphatic carbocycles. The predicted molar refractivity (Wildman–Crippen MR) is 65.4 cm³/mol. The molecule has 0 aliphatic rings. The molecule has 3 nitrogen and oxygen atoms in total. The largest absolute Gasteiger partial charge is 0.466 e. The van der Waals surface area contributed by atoms with Crippen LogP contribution in [0.5, 0.6) is 0 Å². The summed E-state index contributed by atoms with van der Waals surface area (Å²) in [6.45, 7) is 2.04. The van der Waals surface area contributed by atoms with Crippen LogP contribution in [0.2, 0.25) is 5.02 Å². The predicted octanol–water partition coefficient (Wildman–Crippen LogP) is 3.09. The standard InChI is InChI=1S/C11H12BrClO3/c1-2-16-11(15)6-10(14)7-3-4-8(12)9(13)5-7/h3-5,10,14H,2,6H2,1H3. The van der Waals surface area contributed by atoms with E-state index < -0.39 is 12.1 Å². The Labute approximate surface area is 107 Å². The molecule has 0 spiro atoms. The van der Waals surface area contributed by atoms with Gasteiger partial charge in [-0.1, -0.05) is 17.7 Å². The first kappa shape index (κ1) is 13.5. The third-order valence-corrected chi connectivity index (χ3v) is 3.23. The van der Waals surface area contributed by atoms with E-state index in [9.17, 15) is 9.90 Å². The topological polar surface area (TPSA) is 46.5 Å². The molecule has 0 aromatic heterocycles. The van der Waals surface area contributed by atoms with Gasteiger partial charge in [0.05, 0.1) is 24.2 Å². The first-order valence-electron chi connectivity index (χ1n) is 4.83. The number of hydrogen-bond donors (Lipinski definition) is 1. The minimum absolute atomic E-state index is 0.0637. The first-order chi connectivity index (χ1) is 7.54. The summed E-state index contributed by atoms with van der Waals surface area (Å²) in [6.07, 6.45) is -0.948. The van der Waals surface area contributed by atoms with Gasteiger partial charge in [0, 0.05) is 4.47 Å². The Morgan fingerprint density at radius 3 is 2.88 bits per heavy atom. The van der Waals surface area contributed by atoms with Crippen molar-refractivity contribution in [2.45, 2.75) is 19.4 Å². The van der Waals surface area contributed by atoms with Gasteiger partial charge >= 0.3 is 5.97 Å². The lowest BCUT2D eigenvalue weighted by Gasteiger charge is -2.10. The molecular weight excluding hydrogens is 295 g/mol. The summed E-state index contributed by atoms with van der Waals surface area (Å²) in [4.78, 5) is 11.2. The van der Waals surface area contributed by atoms with Gasteiger partial charge < -0.3 is 9.84 Å². The number of carbonyl (C=O) groups is 1. The summed E-state index contributed by atoms with van der Waals surface area (Å²) >= 11 is 9.13. The van der Waals surface area contributed by atoms with E-state index in [1.54, 1.807) is 25.1 Å². The van der Waals surface area contributed by atoms with Crippen molar-refractivity contribution < 1.29 is 14.6 Å². The molecule has 5 heteroatoms. The number of aliphatic hydroxyl groups is 1. The minimum Gasteiger partial charge on any atom is -0.466 e. The second-order valence-corrected chi connectivity index (χ2v) is 4.46. The van der Waals surface area contributed by atoms with Crippen molar-refractivity contribution >= 4 is 33.5 Å². The second-order valence-electron chi connectivity index (χ2n) is 3.20. The molecule has 0 aliphatic heterocycles. The van der Waals surface area contributed by atoms with Crippen LogP contribution in [0, 0.1) is 0 Å². The lowest BCUT2D eigenvalue weighted by Crippen LogP contribution is -2.10. The van der Waals surface area contributed by atoms with Crippen molar-refractivity contribution in [2.24, 2.45) is 0 Å². The molecule has 88 valence electrons. The first-order valence-corrected chi connectivity index (χ1v) is 6.00. The van der Waals surface area contributed by atoms with E-state index in [2.05, 4.69) is 15.9 Å². The normalized spacial score (nSPS) is 12.2. The zero-order chi connectivity index (χ0) is 12.1. The summed E-state index contributed by atoms with van der Waals surface area (Å²) in [5.41, 5.74) is 0.598. The van der Waals surface area contributed by atoms with Crippen LogP contribution >= 0.6 is 27.5 Å². The van der Waals surface area contributed by atoms with Crippen molar-refractivity contribution in [1.82, 2.24) is 0 Å². The SMILES string of the molecule is CCOC(=O)CC(O)c1ccc(Br)c(Cl)c1. The van der Waals surface area contributed by atoms with Crippen LogP contribution in [0.1, 0.15) is 25.0 Å². The molecule has 0 heterocycles. The van der Waals surface area contributed by atoms with Crippen LogP contribution in [0.3, 0.4) is 0 Å². The Hall–Kier alpha value is -0.580. The highest BCUT2D eigenvalue weighted by Crippen LogP contribution is 2.27. The molecule has 0 saturated heterocycles. The third kappa shape index (κ3) is 3.77. The molecule has 0 bridgehead atoms. The van der Waals surface area contributed by atoms with E-state index in [-0.39, 0.29) is 6.42 Å². The van der Waals surface area contributed by atoms with Gasteiger partial charge in [-0.15, -0.1) is 0 Å². The van der Waals surface area contributed by atoms with E-state index in [1.807, 2.05) is 0 Å². The lowest BCUT2D eigenvalue weighted by molar-refractivity contribution is -0.145. The number of esters is 1. The number of aliphatic hydroxyl groups excluding tert-OH is 1. The quantitative estimate of drug-likeness (QED) is 0.870. The van der Waals surface area contributed by atoms with Gasteiger partial charge in [0.25, 0.3) is 0 Å². The van der Waals surface area contributed by atoms with Gasteiger partial charge in [0.15, 0.2) is 0 Å². The monoisotopic (exact) mass is 306 g/mol. The molecule has 1 N–H and O–H groups in total. The number of ether oxygens (including phenoxy) is 1. The van der Waals surface area contributed by atoms with Gasteiger partial charge in [-0.2, -0.15) is 0 Å². The molecule has 0 fully saturated rings. The van der Waals surface area contributed by atoms with Crippen LogP contribution < -0.4 is 0 Å². The Balaban J connectivity index is 2.69. The van der Waals surface area contributed by atoms with E-state index in [4.69, 9.17) is 16.3 Å². The van der Waals surface area contributed by atoms with Crippen molar-refractivity contribution in [3.8, 4) is 0 Å². The number of benzene rings is 1. The highest BCUT2D eigenvalue weighted by atomic mass is 79.9. The van der Waals surface area contributed by atoms with Crippen LogP contribution in [-0.4, -0.2) is 17.7 Å². The summed E-state index contributed by atoms with van der Waals surface area (Å²) < 4.78 is 5.50. The van der Waals surface area contributed by atoms with Crippen LogP contribution in [0.25, 0.3) is 0 Å². The molecule has 16 heavy (non-hydrogen) atoms. The van der Waals surface area contributed by atoms with Gasteiger partial charge in [0.2, 0.25) is 0 Å². The number of carbonyl (C=O) groups excluding carboxylic acids is 1. The van der Waals surface area contributed by atoms with E-state index in [1.165, 1.54) is 0 Å². The Kier molecular flexibility index (Phi) is 5.25. The fourth-order valence-corrected chi connectivity index (χ4v) is 1.65. The minimum atomic E-state index is -0.885. The molecule has 0 radical (unpaired) electrons. The van der Waals surface area contributed by atoms with Gasteiger partial charge in [-0.05, 0) is 40.5 Å². The Morgan fingerprint density at radius 2 is 2.31 bits per heavy atom. The number of rotatable bonds is 4. The maximum absolute atomic E-state index is 11.2. The smallest absolute Gasteiger partial charge is 0.308 e. The average molecular weight is 308 g/mol. The van der Waals surface area contributed by atoms with Crippen LogP contribution in [0.4, 0.5) is 0 Å². The third-order valence-electron chi connectivity index (χ3n) is 1.99. The van der Waals surface area contributed by atoms with Gasteiger partial charge in [-0.3, -0.25) is 4.79 Å². The van der Waals surface area contributed by atoms with Crippen molar-refractivity contribution in [2.75, 3.05) is 6.61 Å². The molecule has 0 amide bonds.